The van der Waals surface area contributed by atoms with Crippen LogP contribution in [0.15, 0.2) is 42.6 Å². The lowest BCUT2D eigenvalue weighted by Crippen LogP contribution is -2.28. The van der Waals surface area contributed by atoms with Crippen LogP contribution in [0.5, 0.6) is 0 Å². The van der Waals surface area contributed by atoms with Crippen LogP contribution in [-0.2, 0) is 13.1 Å². The fraction of sp³-hybridized carbons (Fsp3) is 0.250. The van der Waals surface area contributed by atoms with Gasteiger partial charge in [-0.1, -0.05) is 24.3 Å². The number of nitrogens with zero attached hydrogens (tertiary/aromatic N) is 3. The molecule has 1 aromatic heterocycles. The molecule has 1 aliphatic rings. The van der Waals surface area contributed by atoms with Crippen LogP contribution in [0.1, 0.15) is 16.8 Å². The first-order chi connectivity index (χ1) is 9.88. The highest BCUT2D eigenvalue weighted by atomic mass is 15.2. The zero-order valence-corrected chi connectivity index (χ0v) is 11.2. The van der Waals surface area contributed by atoms with Gasteiger partial charge in [-0.25, -0.2) is 4.98 Å². The molecule has 1 N–H and O–H groups in total. The molecular weight excluding hydrogens is 248 g/mol. The van der Waals surface area contributed by atoms with E-state index >= 15 is 0 Å². The number of fused-ring (bicyclic) bond motifs is 1. The first kappa shape index (κ1) is 12.6. The van der Waals surface area contributed by atoms with Gasteiger partial charge in [0.15, 0.2) is 0 Å². The highest BCUT2D eigenvalue weighted by molar-refractivity contribution is 5.55. The van der Waals surface area contributed by atoms with Crippen LogP contribution in [0.4, 0.5) is 5.69 Å². The van der Waals surface area contributed by atoms with Crippen LogP contribution < -0.4 is 10.2 Å². The molecule has 0 aliphatic carbocycles. The number of aromatic nitrogens is 1. The zero-order valence-electron chi connectivity index (χ0n) is 11.2. The highest BCUT2D eigenvalue weighted by Crippen LogP contribution is 2.24. The third-order valence-electron chi connectivity index (χ3n) is 3.56. The summed E-state index contributed by atoms with van der Waals surface area (Å²) in [5.74, 6) is 0. The molecule has 4 nitrogen and oxygen atoms in total. The highest BCUT2D eigenvalue weighted by Gasteiger charge is 2.16. The number of benzene rings is 1. The molecule has 0 fully saturated rings. The van der Waals surface area contributed by atoms with E-state index in [0.29, 0.717) is 5.69 Å². The van der Waals surface area contributed by atoms with E-state index in [1.807, 2.05) is 12.1 Å². The largest absolute Gasteiger partial charge is 0.366 e. The molecule has 20 heavy (non-hydrogen) atoms. The number of rotatable bonds is 2. The van der Waals surface area contributed by atoms with E-state index < -0.39 is 0 Å². The summed E-state index contributed by atoms with van der Waals surface area (Å²) < 4.78 is 0. The maximum absolute atomic E-state index is 9.16. The lowest BCUT2D eigenvalue weighted by Gasteiger charge is -2.24. The van der Waals surface area contributed by atoms with Gasteiger partial charge in [0.2, 0.25) is 0 Å². The Balaban J connectivity index is 1.93. The van der Waals surface area contributed by atoms with E-state index in [4.69, 9.17) is 5.26 Å². The summed E-state index contributed by atoms with van der Waals surface area (Å²) in [6, 6.07) is 14.5. The number of hydrogen-bond donors (Lipinski definition) is 1. The Labute approximate surface area is 118 Å². The minimum absolute atomic E-state index is 0.516. The molecule has 1 aromatic carbocycles. The molecule has 0 unspecified atom stereocenters. The lowest BCUT2D eigenvalue weighted by molar-refractivity contribution is 0.687. The molecule has 0 saturated heterocycles. The van der Waals surface area contributed by atoms with Gasteiger partial charge < -0.3 is 10.2 Å². The number of nitriles is 1. The number of nitrogens with one attached hydrogen (secondary N) is 1. The van der Waals surface area contributed by atoms with Crippen LogP contribution >= 0.6 is 0 Å². The van der Waals surface area contributed by atoms with E-state index in [0.717, 1.165) is 31.7 Å². The average Bonchev–Trinajstić information content (AvgIpc) is 2.71. The fourth-order valence-electron chi connectivity index (χ4n) is 2.56. The molecule has 4 heteroatoms. The predicted octanol–water partition coefficient (Wildman–Crippen LogP) is 2.06. The topological polar surface area (TPSA) is 52.0 Å². The van der Waals surface area contributed by atoms with Gasteiger partial charge >= 0.3 is 0 Å². The number of anilines is 1. The Kier molecular flexibility index (Phi) is 3.62. The lowest BCUT2D eigenvalue weighted by atomic mass is 10.1. The quantitative estimate of drug-likeness (QED) is 0.902. The van der Waals surface area contributed by atoms with Crippen LogP contribution in [0.3, 0.4) is 0 Å². The first-order valence-electron chi connectivity index (χ1n) is 6.76. The van der Waals surface area contributed by atoms with Crippen molar-refractivity contribution in [1.82, 2.24) is 10.3 Å². The third kappa shape index (κ3) is 2.49. The summed E-state index contributed by atoms with van der Waals surface area (Å²) in [7, 11) is 0. The molecule has 2 heterocycles. The molecule has 0 spiro atoms. The molecule has 0 saturated carbocycles. The standard InChI is InChI=1S/C16H16N4/c17-10-15-14(5-3-7-19-15)12-20-9-8-18-11-13-4-1-2-6-16(13)20/h1-7,18H,8-9,11-12H2. The second-order valence-corrected chi connectivity index (χ2v) is 4.85. The second-order valence-electron chi connectivity index (χ2n) is 4.85. The van der Waals surface area contributed by atoms with E-state index in [2.05, 4.69) is 45.5 Å². The van der Waals surface area contributed by atoms with Crippen molar-refractivity contribution >= 4 is 5.69 Å². The van der Waals surface area contributed by atoms with Crippen molar-refractivity contribution < 1.29 is 0 Å². The molecule has 1 aliphatic heterocycles. The minimum atomic E-state index is 0.516. The fourth-order valence-corrected chi connectivity index (χ4v) is 2.56. The first-order valence-corrected chi connectivity index (χ1v) is 6.76. The van der Waals surface area contributed by atoms with E-state index in [1.165, 1.54) is 11.3 Å². The van der Waals surface area contributed by atoms with Crippen LogP contribution in [0.2, 0.25) is 0 Å². The second kappa shape index (κ2) is 5.72. The number of pyridine rings is 1. The van der Waals surface area contributed by atoms with E-state index in [-0.39, 0.29) is 0 Å². The SMILES string of the molecule is N#Cc1ncccc1CN1CCNCc2ccccc21. The maximum Gasteiger partial charge on any atom is 0.145 e. The molecule has 100 valence electrons. The van der Waals surface area contributed by atoms with Crippen LogP contribution in [0, 0.1) is 11.3 Å². The van der Waals surface area contributed by atoms with Crippen molar-refractivity contribution in [2.75, 3.05) is 18.0 Å². The number of hydrogen-bond acceptors (Lipinski definition) is 4. The molecule has 0 radical (unpaired) electrons. The van der Waals surface area contributed by atoms with E-state index in [1.54, 1.807) is 6.20 Å². The molecule has 0 atom stereocenters. The Hall–Kier alpha value is -2.38. The summed E-state index contributed by atoms with van der Waals surface area (Å²) in [6.07, 6.45) is 1.67. The normalized spacial score (nSPS) is 14.2. The van der Waals surface area contributed by atoms with Crippen molar-refractivity contribution in [3.8, 4) is 6.07 Å². The van der Waals surface area contributed by atoms with Crippen molar-refractivity contribution in [2.24, 2.45) is 0 Å². The van der Waals surface area contributed by atoms with Gasteiger partial charge in [0.25, 0.3) is 0 Å². The molecule has 3 rings (SSSR count). The van der Waals surface area contributed by atoms with Gasteiger partial charge in [0.1, 0.15) is 11.8 Å². The van der Waals surface area contributed by atoms with Gasteiger partial charge in [0.05, 0.1) is 0 Å². The monoisotopic (exact) mass is 264 g/mol. The Bertz CT molecular complexity index is 645. The van der Waals surface area contributed by atoms with Gasteiger partial charge in [0, 0.05) is 43.6 Å². The summed E-state index contributed by atoms with van der Waals surface area (Å²) in [6.45, 7) is 3.48. The Morgan fingerprint density at radius 3 is 3.05 bits per heavy atom. The smallest absolute Gasteiger partial charge is 0.145 e. The number of para-hydroxylation sites is 1. The summed E-state index contributed by atoms with van der Waals surface area (Å²) >= 11 is 0. The minimum Gasteiger partial charge on any atom is -0.366 e. The maximum atomic E-state index is 9.16. The Morgan fingerprint density at radius 1 is 1.25 bits per heavy atom. The summed E-state index contributed by atoms with van der Waals surface area (Å²) in [5.41, 5.74) is 4.03. The Morgan fingerprint density at radius 2 is 2.15 bits per heavy atom. The van der Waals surface area contributed by atoms with Crippen LogP contribution in [0.25, 0.3) is 0 Å². The van der Waals surface area contributed by atoms with Crippen molar-refractivity contribution in [3.63, 3.8) is 0 Å². The van der Waals surface area contributed by atoms with Crippen molar-refractivity contribution in [1.29, 1.82) is 5.26 Å². The van der Waals surface area contributed by atoms with Gasteiger partial charge in [-0.3, -0.25) is 0 Å². The molecule has 2 aromatic rings. The molecule has 0 bridgehead atoms. The van der Waals surface area contributed by atoms with Gasteiger partial charge in [-0.2, -0.15) is 5.26 Å². The molecular formula is C16H16N4. The summed E-state index contributed by atoms with van der Waals surface area (Å²) in [5, 5.41) is 12.6. The van der Waals surface area contributed by atoms with Crippen LogP contribution in [-0.4, -0.2) is 18.1 Å². The predicted molar refractivity (Wildman–Crippen MR) is 78.2 cm³/mol. The van der Waals surface area contributed by atoms with Gasteiger partial charge in [-0.15, -0.1) is 0 Å². The van der Waals surface area contributed by atoms with Crippen molar-refractivity contribution in [3.05, 3.63) is 59.4 Å². The zero-order chi connectivity index (χ0) is 13.8. The van der Waals surface area contributed by atoms with E-state index in [9.17, 15) is 0 Å². The van der Waals surface area contributed by atoms with Gasteiger partial charge in [-0.05, 0) is 17.7 Å². The van der Waals surface area contributed by atoms with Crippen molar-refractivity contribution in [2.45, 2.75) is 13.1 Å². The molecule has 0 amide bonds. The summed E-state index contributed by atoms with van der Waals surface area (Å²) in [4.78, 5) is 6.45. The third-order valence-corrected chi connectivity index (χ3v) is 3.56. The average molecular weight is 264 g/mol.